The second-order valence-electron chi connectivity index (χ2n) is 9.08. The summed E-state index contributed by atoms with van der Waals surface area (Å²) in [6, 6.07) is -1.17. The molecule has 0 saturated heterocycles. The number of hydrogen-bond donors (Lipinski definition) is 2. The summed E-state index contributed by atoms with van der Waals surface area (Å²) >= 11 is 0. The van der Waals surface area contributed by atoms with E-state index in [2.05, 4.69) is 43.0 Å². The minimum absolute atomic E-state index is 0.186. The van der Waals surface area contributed by atoms with E-state index in [4.69, 9.17) is 4.55 Å². The summed E-state index contributed by atoms with van der Waals surface area (Å²) in [7, 11) is -3.13. The van der Waals surface area contributed by atoms with Crippen molar-refractivity contribution in [1.82, 2.24) is 5.32 Å². The van der Waals surface area contributed by atoms with Crippen LogP contribution in [0.4, 0.5) is 0 Å². The number of carbonyl (C=O) groups excluding carboxylic acids is 2. The molecule has 0 aromatic rings. The van der Waals surface area contributed by atoms with E-state index < -0.39 is 33.8 Å². The maximum Gasteiger partial charge on any atom is 0.328 e. The number of ether oxygens (including phenoxy) is 1. The first-order valence-corrected chi connectivity index (χ1v) is 12.6. The van der Waals surface area contributed by atoms with Gasteiger partial charge in [-0.05, 0) is 63.0 Å². The van der Waals surface area contributed by atoms with Crippen LogP contribution in [0.5, 0.6) is 0 Å². The maximum atomic E-state index is 12.2. The number of methoxy groups -OCH3 is 1. The molecule has 8 heteroatoms. The molecule has 1 rings (SSSR count). The SMILES string of the molecule is COC(=O)C(CCS(=O)(=O)O)NC(=O)/C=C(C)/C=C/C=C(C)/C=C/C1=C(C)CCCC1(C)C. The largest absolute Gasteiger partial charge is 0.467 e. The highest BCUT2D eigenvalue weighted by Gasteiger charge is 2.26. The number of carbonyl (C=O) groups is 2. The lowest BCUT2D eigenvalue weighted by Gasteiger charge is -2.32. The van der Waals surface area contributed by atoms with E-state index in [0.29, 0.717) is 5.57 Å². The van der Waals surface area contributed by atoms with E-state index in [0.717, 1.165) is 19.1 Å². The van der Waals surface area contributed by atoms with Gasteiger partial charge in [0.05, 0.1) is 12.9 Å². The Labute approximate surface area is 198 Å². The van der Waals surface area contributed by atoms with Crippen molar-refractivity contribution in [1.29, 1.82) is 0 Å². The third-order valence-electron chi connectivity index (χ3n) is 5.60. The van der Waals surface area contributed by atoms with Gasteiger partial charge in [0.15, 0.2) is 0 Å². The van der Waals surface area contributed by atoms with Crippen LogP contribution in [0.2, 0.25) is 0 Å². The Hall–Kier alpha value is -2.45. The van der Waals surface area contributed by atoms with Gasteiger partial charge in [-0.1, -0.05) is 55.4 Å². The molecule has 0 radical (unpaired) electrons. The standard InChI is InChI=1S/C25H37NO6S/c1-18(12-13-21-20(3)11-8-15-25(21,4)5)9-7-10-19(2)17-23(27)26-22(24(28)32-6)14-16-33(29,30)31/h7,9-10,12-13,17,22H,8,11,14-16H2,1-6H3,(H,26,27)(H,29,30,31)/b10-7+,13-12+,18-9+,19-17+. The molecule has 1 aliphatic carbocycles. The lowest BCUT2D eigenvalue weighted by atomic mass is 9.72. The average Bonchev–Trinajstić information content (AvgIpc) is 2.68. The molecule has 1 unspecified atom stereocenters. The van der Waals surface area contributed by atoms with E-state index in [9.17, 15) is 18.0 Å². The topological polar surface area (TPSA) is 110 Å². The molecule has 33 heavy (non-hydrogen) atoms. The number of nitrogens with one attached hydrogen (secondary N) is 1. The lowest BCUT2D eigenvalue weighted by Crippen LogP contribution is -2.42. The monoisotopic (exact) mass is 479 g/mol. The minimum Gasteiger partial charge on any atom is -0.467 e. The van der Waals surface area contributed by atoms with Gasteiger partial charge in [0.1, 0.15) is 6.04 Å². The van der Waals surface area contributed by atoms with Gasteiger partial charge < -0.3 is 10.1 Å². The van der Waals surface area contributed by atoms with Crippen molar-refractivity contribution in [2.45, 2.75) is 66.3 Å². The first kappa shape index (κ1) is 28.6. The molecular formula is C25H37NO6S. The molecule has 1 aliphatic rings. The van der Waals surface area contributed by atoms with E-state index >= 15 is 0 Å². The second-order valence-corrected chi connectivity index (χ2v) is 10.7. The molecule has 0 spiro atoms. The van der Waals surface area contributed by atoms with Gasteiger partial charge in [-0.3, -0.25) is 9.35 Å². The Morgan fingerprint density at radius 2 is 1.88 bits per heavy atom. The Bertz CT molecular complexity index is 980. The molecule has 1 atom stereocenters. The molecule has 184 valence electrons. The Kier molecular flexibility index (Phi) is 11.0. The van der Waals surface area contributed by atoms with Crippen LogP contribution in [0, 0.1) is 5.41 Å². The maximum absolute atomic E-state index is 12.2. The smallest absolute Gasteiger partial charge is 0.328 e. The normalized spacial score (nSPS) is 18.6. The Balaban J connectivity index is 2.77. The summed E-state index contributed by atoms with van der Waals surface area (Å²) in [6.45, 7) is 10.5. The highest BCUT2D eigenvalue weighted by atomic mass is 32.2. The fourth-order valence-electron chi connectivity index (χ4n) is 3.76. The number of rotatable bonds is 10. The summed E-state index contributed by atoms with van der Waals surface area (Å²) in [5, 5.41) is 2.41. The van der Waals surface area contributed by atoms with Crippen LogP contribution < -0.4 is 5.32 Å². The van der Waals surface area contributed by atoms with Crippen LogP contribution in [-0.2, 0) is 24.4 Å². The van der Waals surface area contributed by atoms with E-state index in [1.807, 2.05) is 19.1 Å². The van der Waals surface area contributed by atoms with Crippen LogP contribution in [0.1, 0.15) is 60.3 Å². The predicted molar refractivity (Wildman–Crippen MR) is 131 cm³/mol. The molecule has 0 heterocycles. The van der Waals surface area contributed by atoms with E-state index in [-0.39, 0.29) is 11.8 Å². The van der Waals surface area contributed by atoms with Gasteiger partial charge in [0.25, 0.3) is 10.1 Å². The van der Waals surface area contributed by atoms with Crippen LogP contribution in [0.25, 0.3) is 0 Å². The number of amides is 1. The first-order chi connectivity index (χ1) is 15.2. The fraction of sp³-hybridized carbons (Fsp3) is 0.520. The van der Waals surface area contributed by atoms with Gasteiger partial charge in [-0.2, -0.15) is 8.42 Å². The minimum atomic E-state index is -4.26. The summed E-state index contributed by atoms with van der Waals surface area (Å²) in [4.78, 5) is 24.0. The van der Waals surface area contributed by atoms with Gasteiger partial charge in [0, 0.05) is 6.08 Å². The van der Waals surface area contributed by atoms with Crippen LogP contribution in [0.3, 0.4) is 0 Å². The van der Waals surface area contributed by atoms with Crippen molar-refractivity contribution < 1.29 is 27.3 Å². The second kappa shape index (κ2) is 12.7. The highest BCUT2D eigenvalue weighted by molar-refractivity contribution is 7.85. The molecule has 0 aromatic carbocycles. The molecule has 2 N–H and O–H groups in total. The zero-order chi connectivity index (χ0) is 25.2. The average molecular weight is 480 g/mol. The number of hydrogen-bond acceptors (Lipinski definition) is 5. The van der Waals surface area contributed by atoms with Crippen LogP contribution in [-0.4, -0.2) is 43.8 Å². The van der Waals surface area contributed by atoms with Crippen molar-refractivity contribution in [2.75, 3.05) is 12.9 Å². The van der Waals surface area contributed by atoms with Crippen LogP contribution >= 0.6 is 0 Å². The van der Waals surface area contributed by atoms with Crippen molar-refractivity contribution in [3.63, 3.8) is 0 Å². The van der Waals surface area contributed by atoms with E-state index in [1.54, 1.807) is 13.0 Å². The van der Waals surface area contributed by atoms with Crippen LogP contribution in [0.15, 0.2) is 58.7 Å². The first-order valence-electron chi connectivity index (χ1n) is 11.0. The summed E-state index contributed by atoms with van der Waals surface area (Å²) in [5.41, 5.74) is 4.74. The Morgan fingerprint density at radius 1 is 1.21 bits per heavy atom. The molecular weight excluding hydrogens is 442 g/mol. The van der Waals surface area contributed by atoms with E-state index in [1.165, 1.54) is 30.1 Å². The zero-order valence-electron chi connectivity index (χ0n) is 20.5. The van der Waals surface area contributed by atoms with Crippen molar-refractivity contribution >= 4 is 22.0 Å². The molecule has 1 amide bonds. The lowest BCUT2D eigenvalue weighted by molar-refractivity contribution is -0.144. The molecule has 0 bridgehead atoms. The highest BCUT2D eigenvalue weighted by Crippen LogP contribution is 2.40. The molecule has 7 nitrogen and oxygen atoms in total. The van der Waals surface area contributed by atoms with Crippen molar-refractivity contribution in [3.05, 3.63) is 58.7 Å². The third kappa shape index (κ3) is 10.8. The predicted octanol–water partition coefficient (Wildman–Crippen LogP) is 4.45. The molecule has 0 saturated carbocycles. The summed E-state index contributed by atoms with van der Waals surface area (Å²) < 4.78 is 35.3. The molecule has 0 aromatic heterocycles. The summed E-state index contributed by atoms with van der Waals surface area (Å²) in [5.74, 6) is -2.02. The van der Waals surface area contributed by atoms with Crippen molar-refractivity contribution in [2.24, 2.45) is 5.41 Å². The molecule has 0 aliphatic heterocycles. The van der Waals surface area contributed by atoms with Gasteiger partial charge >= 0.3 is 5.97 Å². The summed E-state index contributed by atoms with van der Waals surface area (Å²) in [6.07, 6.45) is 14.4. The fourth-order valence-corrected chi connectivity index (χ4v) is 4.29. The third-order valence-corrected chi connectivity index (χ3v) is 6.35. The van der Waals surface area contributed by atoms with Gasteiger partial charge in [0.2, 0.25) is 5.91 Å². The quantitative estimate of drug-likeness (QED) is 0.207. The number of esters is 1. The van der Waals surface area contributed by atoms with Gasteiger partial charge in [-0.25, -0.2) is 4.79 Å². The Morgan fingerprint density at radius 3 is 2.45 bits per heavy atom. The van der Waals surface area contributed by atoms with Crippen molar-refractivity contribution in [3.8, 4) is 0 Å². The van der Waals surface area contributed by atoms with Gasteiger partial charge in [-0.15, -0.1) is 0 Å². The zero-order valence-corrected chi connectivity index (χ0v) is 21.3. The molecule has 0 fully saturated rings. The number of allylic oxidation sites excluding steroid dienone is 9.